The molecule has 0 aliphatic heterocycles. The molecule has 1 aromatic heterocycles. The molecule has 0 saturated heterocycles. The number of nitrogen functional groups attached to an aromatic ring is 1. The molecule has 6 heteroatoms. The summed E-state index contributed by atoms with van der Waals surface area (Å²) >= 11 is 0. The molecule has 0 atom stereocenters. The number of anilines is 2. The number of nitrogens with zero attached hydrogens (tertiary/aromatic N) is 2. The van der Waals surface area contributed by atoms with Gasteiger partial charge in [-0.05, 0) is 18.2 Å². The largest absolute Gasteiger partial charge is 0.399 e. The van der Waals surface area contributed by atoms with E-state index in [1.165, 1.54) is 23.2 Å². The predicted molar refractivity (Wildman–Crippen MR) is 68.0 cm³/mol. The van der Waals surface area contributed by atoms with Gasteiger partial charge in [-0.3, -0.25) is 14.2 Å². The smallest absolute Gasteiger partial charge is 0.253 e. The molecular weight excluding hydrogens is 232 g/mol. The van der Waals surface area contributed by atoms with E-state index in [0.717, 1.165) is 0 Å². The molecule has 0 radical (unpaired) electrons. The zero-order valence-electron chi connectivity index (χ0n) is 9.54. The number of amides is 1. The Kier molecular flexibility index (Phi) is 3.38. The van der Waals surface area contributed by atoms with Gasteiger partial charge in [-0.2, -0.15) is 0 Å². The van der Waals surface area contributed by atoms with Crippen molar-refractivity contribution in [1.82, 2.24) is 9.55 Å². The Labute approximate surface area is 103 Å². The van der Waals surface area contributed by atoms with E-state index < -0.39 is 0 Å². The monoisotopic (exact) mass is 244 g/mol. The third-order valence-corrected chi connectivity index (χ3v) is 2.28. The van der Waals surface area contributed by atoms with Crippen molar-refractivity contribution < 1.29 is 4.79 Å². The van der Waals surface area contributed by atoms with Gasteiger partial charge >= 0.3 is 0 Å². The summed E-state index contributed by atoms with van der Waals surface area (Å²) < 4.78 is 1.22. The van der Waals surface area contributed by atoms with Crippen LogP contribution in [-0.4, -0.2) is 15.5 Å². The molecule has 0 aliphatic rings. The zero-order valence-corrected chi connectivity index (χ0v) is 9.54. The molecule has 0 fully saturated rings. The number of nitrogens with two attached hydrogens (primary N) is 1. The van der Waals surface area contributed by atoms with Crippen molar-refractivity contribution >= 4 is 17.3 Å². The maximum absolute atomic E-state index is 11.7. The van der Waals surface area contributed by atoms with Crippen molar-refractivity contribution in [3.8, 4) is 0 Å². The zero-order chi connectivity index (χ0) is 13.0. The fourth-order valence-electron chi connectivity index (χ4n) is 1.47. The van der Waals surface area contributed by atoms with Crippen LogP contribution in [0.5, 0.6) is 0 Å². The molecule has 2 rings (SSSR count). The van der Waals surface area contributed by atoms with Crippen LogP contribution in [0.2, 0.25) is 0 Å². The van der Waals surface area contributed by atoms with Crippen molar-refractivity contribution in [3.63, 3.8) is 0 Å². The highest BCUT2D eigenvalue weighted by Crippen LogP contribution is 2.11. The van der Waals surface area contributed by atoms with E-state index in [2.05, 4.69) is 10.3 Å². The molecule has 0 saturated carbocycles. The van der Waals surface area contributed by atoms with Crippen LogP contribution >= 0.6 is 0 Å². The molecule has 0 bridgehead atoms. The number of rotatable bonds is 3. The van der Waals surface area contributed by atoms with Gasteiger partial charge in [-0.15, -0.1) is 0 Å². The van der Waals surface area contributed by atoms with Crippen LogP contribution in [0.4, 0.5) is 11.4 Å². The average Bonchev–Trinajstić information content (AvgIpc) is 2.32. The lowest BCUT2D eigenvalue weighted by Gasteiger charge is -2.07. The molecule has 1 amide bonds. The Morgan fingerprint density at radius 3 is 2.94 bits per heavy atom. The Hall–Kier alpha value is -2.63. The van der Waals surface area contributed by atoms with Gasteiger partial charge in [0, 0.05) is 23.6 Å². The minimum Gasteiger partial charge on any atom is -0.399 e. The van der Waals surface area contributed by atoms with E-state index in [4.69, 9.17) is 5.73 Å². The first-order valence-corrected chi connectivity index (χ1v) is 5.31. The molecule has 18 heavy (non-hydrogen) atoms. The van der Waals surface area contributed by atoms with Crippen LogP contribution in [0.25, 0.3) is 0 Å². The second kappa shape index (κ2) is 5.13. The second-order valence-electron chi connectivity index (χ2n) is 3.72. The molecule has 0 aliphatic carbocycles. The Bertz CT molecular complexity index is 621. The summed E-state index contributed by atoms with van der Waals surface area (Å²) in [6, 6.07) is 8.13. The number of carbonyl (C=O) groups is 1. The Balaban J connectivity index is 2.06. The van der Waals surface area contributed by atoms with Crippen LogP contribution in [-0.2, 0) is 11.3 Å². The van der Waals surface area contributed by atoms with E-state index >= 15 is 0 Å². The second-order valence-corrected chi connectivity index (χ2v) is 3.72. The first-order valence-electron chi connectivity index (χ1n) is 5.31. The number of nitrogens with one attached hydrogen (secondary N) is 1. The third kappa shape index (κ3) is 2.94. The van der Waals surface area contributed by atoms with Crippen molar-refractivity contribution in [3.05, 3.63) is 53.2 Å². The van der Waals surface area contributed by atoms with Crippen LogP contribution < -0.4 is 16.6 Å². The summed E-state index contributed by atoms with van der Waals surface area (Å²) in [5, 5.41) is 2.65. The third-order valence-electron chi connectivity index (χ3n) is 2.28. The Morgan fingerprint density at radius 2 is 2.22 bits per heavy atom. The summed E-state index contributed by atoms with van der Waals surface area (Å²) in [7, 11) is 0. The summed E-state index contributed by atoms with van der Waals surface area (Å²) in [6.45, 7) is -0.0819. The number of hydrogen-bond acceptors (Lipinski definition) is 4. The molecule has 1 aromatic carbocycles. The number of carbonyl (C=O) groups excluding carboxylic acids is 1. The summed E-state index contributed by atoms with van der Waals surface area (Å²) in [5.41, 5.74) is 6.48. The molecule has 3 N–H and O–H groups in total. The van der Waals surface area contributed by atoms with Gasteiger partial charge in [-0.1, -0.05) is 6.07 Å². The SMILES string of the molecule is Nc1cccc(NC(=O)Cn2cnccc2=O)c1. The van der Waals surface area contributed by atoms with Gasteiger partial charge in [0.1, 0.15) is 6.54 Å². The van der Waals surface area contributed by atoms with Crippen LogP contribution in [0.3, 0.4) is 0 Å². The summed E-state index contributed by atoms with van der Waals surface area (Å²) in [4.78, 5) is 26.9. The molecule has 0 spiro atoms. The molecule has 92 valence electrons. The van der Waals surface area contributed by atoms with Crippen molar-refractivity contribution in [2.45, 2.75) is 6.54 Å². The van der Waals surface area contributed by atoms with Gasteiger partial charge in [-0.25, -0.2) is 4.98 Å². The fourth-order valence-corrected chi connectivity index (χ4v) is 1.47. The molecule has 6 nitrogen and oxygen atoms in total. The van der Waals surface area contributed by atoms with Gasteiger partial charge < -0.3 is 11.1 Å². The predicted octanol–water partition coefficient (Wildman–Crippen LogP) is 0.464. The maximum atomic E-state index is 11.7. The average molecular weight is 244 g/mol. The normalized spacial score (nSPS) is 10.0. The van der Waals surface area contributed by atoms with E-state index in [9.17, 15) is 9.59 Å². The highest BCUT2D eigenvalue weighted by Gasteiger charge is 2.04. The molecular formula is C12H12N4O2. The quantitative estimate of drug-likeness (QED) is 0.768. The van der Waals surface area contributed by atoms with Crippen LogP contribution in [0, 0.1) is 0 Å². The molecule has 1 heterocycles. The molecule has 0 unspecified atom stereocenters. The number of aromatic nitrogens is 2. The van der Waals surface area contributed by atoms with Crippen LogP contribution in [0.15, 0.2) is 47.7 Å². The lowest BCUT2D eigenvalue weighted by atomic mass is 10.3. The van der Waals surface area contributed by atoms with Crippen LogP contribution in [0.1, 0.15) is 0 Å². The van der Waals surface area contributed by atoms with Gasteiger partial charge in [0.25, 0.3) is 5.56 Å². The molecule has 2 aromatic rings. The highest BCUT2D eigenvalue weighted by atomic mass is 16.2. The van der Waals surface area contributed by atoms with Gasteiger partial charge in [0.15, 0.2) is 0 Å². The fraction of sp³-hybridized carbons (Fsp3) is 0.0833. The summed E-state index contributed by atoms with van der Waals surface area (Å²) in [5.74, 6) is -0.310. The highest BCUT2D eigenvalue weighted by molar-refractivity contribution is 5.90. The lowest BCUT2D eigenvalue weighted by molar-refractivity contribution is -0.116. The number of hydrogen-bond donors (Lipinski definition) is 2. The maximum Gasteiger partial charge on any atom is 0.253 e. The lowest BCUT2D eigenvalue weighted by Crippen LogP contribution is -2.26. The van der Waals surface area contributed by atoms with E-state index in [1.807, 2.05) is 0 Å². The van der Waals surface area contributed by atoms with E-state index in [0.29, 0.717) is 11.4 Å². The minimum atomic E-state index is -0.310. The van der Waals surface area contributed by atoms with E-state index in [1.54, 1.807) is 24.3 Å². The standard InChI is InChI=1S/C12H12N4O2/c13-9-2-1-3-10(6-9)15-11(17)7-16-8-14-5-4-12(16)18/h1-6,8H,7,13H2,(H,15,17). The topological polar surface area (TPSA) is 90.0 Å². The van der Waals surface area contributed by atoms with Crippen molar-refractivity contribution in [2.24, 2.45) is 0 Å². The number of benzene rings is 1. The first-order chi connectivity index (χ1) is 8.65. The summed E-state index contributed by atoms with van der Waals surface area (Å²) in [6.07, 6.45) is 2.70. The Morgan fingerprint density at radius 1 is 1.39 bits per heavy atom. The van der Waals surface area contributed by atoms with Crippen molar-refractivity contribution in [2.75, 3.05) is 11.1 Å². The van der Waals surface area contributed by atoms with E-state index in [-0.39, 0.29) is 18.0 Å². The van der Waals surface area contributed by atoms with Gasteiger partial charge in [0.2, 0.25) is 5.91 Å². The minimum absolute atomic E-state index is 0.0819. The first kappa shape index (κ1) is 11.8. The van der Waals surface area contributed by atoms with Gasteiger partial charge in [0.05, 0.1) is 6.33 Å². The van der Waals surface area contributed by atoms with Crippen molar-refractivity contribution in [1.29, 1.82) is 0 Å².